The van der Waals surface area contributed by atoms with Crippen molar-refractivity contribution in [3.8, 4) is 22.8 Å². The van der Waals surface area contributed by atoms with Gasteiger partial charge in [-0.25, -0.2) is 0 Å². The SMILES string of the molecule is Cc1cccc(C)c1-c1c[n+]2c3c4c5c(ccc4c4ccccc4n13)Oc1ccc3c4c1C52[n+]1cccc(c2c5ccccc5cn32)c41. The zero-order chi connectivity index (χ0) is 31.2. The Balaban J connectivity index is 1.33. The predicted molar refractivity (Wildman–Crippen MR) is 189 cm³/mol. The van der Waals surface area contributed by atoms with E-state index in [1.54, 1.807) is 0 Å². The molecule has 3 aliphatic heterocycles. The number of rotatable bonds is 1. The maximum absolute atomic E-state index is 6.97. The van der Waals surface area contributed by atoms with E-state index in [1.165, 1.54) is 98.9 Å². The first kappa shape index (κ1) is 24.0. The van der Waals surface area contributed by atoms with Gasteiger partial charge in [0.1, 0.15) is 34.3 Å². The molecule has 1 unspecified atom stereocenters. The van der Waals surface area contributed by atoms with Gasteiger partial charge in [-0.1, -0.05) is 60.7 Å². The van der Waals surface area contributed by atoms with Gasteiger partial charge in [-0.3, -0.25) is 0 Å². The molecule has 0 fully saturated rings. The van der Waals surface area contributed by atoms with Crippen LogP contribution in [0.1, 0.15) is 22.3 Å². The standard InChI is InChI=1S/C43H26N4O/c1-23-9-7-10-24(2)35(23)32-22-46-42-36-28(27-13-5-6-15-30(27)47(32)42)16-18-33-38(36)43(46)39-34(48-33)19-17-31-37(39)41-29(14-8-20-45(41)43)40-26-12-4-3-11-25(26)21-44(31)40/h3-22H,1-2H3/q+2. The molecule has 13 rings (SSSR count). The van der Waals surface area contributed by atoms with Gasteiger partial charge in [0, 0.05) is 39.4 Å². The summed E-state index contributed by atoms with van der Waals surface area (Å²) in [5, 5.41) is 8.81. The molecule has 3 aliphatic rings. The Morgan fingerprint density at radius 3 is 2.25 bits per heavy atom. The second-order valence-corrected chi connectivity index (χ2v) is 13.9. The van der Waals surface area contributed by atoms with Crippen molar-refractivity contribution < 1.29 is 13.9 Å². The molecular weight excluding hydrogens is 589 g/mol. The number of aryl methyl sites for hydroxylation is 2. The van der Waals surface area contributed by atoms with Gasteiger partial charge in [0.15, 0.2) is 11.9 Å². The molecule has 5 nitrogen and oxygen atoms in total. The summed E-state index contributed by atoms with van der Waals surface area (Å²) in [5.74, 6) is 1.85. The third-order valence-corrected chi connectivity index (χ3v) is 11.7. The Hall–Kier alpha value is -6.20. The first-order chi connectivity index (χ1) is 23.7. The van der Waals surface area contributed by atoms with Gasteiger partial charge in [-0.15, -0.1) is 4.57 Å². The highest BCUT2D eigenvalue weighted by atomic mass is 16.5. The Bertz CT molecular complexity index is 3220. The average Bonchev–Trinajstić information content (AvgIpc) is 3.85. The molecule has 1 spiro atoms. The smallest absolute Gasteiger partial charge is 0.371 e. The fourth-order valence-corrected chi connectivity index (χ4v) is 10.1. The number of imidazole rings is 1. The first-order valence-electron chi connectivity index (χ1n) is 16.7. The largest absolute Gasteiger partial charge is 0.456 e. The fraction of sp³-hybridized carbons (Fsp3) is 0.0698. The van der Waals surface area contributed by atoms with Crippen molar-refractivity contribution in [2.24, 2.45) is 0 Å². The summed E-state index contributed by atoms with van der Waals surface area (Å²) in [4.78, 5) is 0. The molecule has 5 aromatic heterocycles. The summed E-state index contributed by atoms with van der Waals surface area (Å²) in [6.45, 7) is 4.48. The van der Waals surface area contributed by atoms with Gasteiger partial charge in [-0.2, -0.15) is 8.97 Å². The molecule has 0 saturated heterocycles. The number of pyridine rings is 3. The average molecular weight is 615 g/mol. The quantitative estimate of drug-likeness (QED) is 0.134. The minimum Gasteiger partial charge on any atom is -0.456 e. The number of nitrogens with zero attached hydrogens (tertiary/aromatic N) is 4. The molecule has 5 heteroatoms. The van der Waals surface area contributed by atoms with Gasteiger partial charge in [0.25, 0.3) is 0 Å². The monoisotopic (exact) mass is 614 g/mol. The maximum Gasteiger partial charge on any atom is 0.371 e. The molecule has 48 heavy (non-hydrogen) atoms. The lowest BCUT2D eigenvalue weighted by Crippen LogP contribution is -2.71. The second-order valence-electron chi connectivity index (χ2n) is 13.9. The van der Waals surface area contributed by atoms with E-state index in [0.29, 0.717) is 0 Å². The topological polar surface area (TPSA) is 25.8 Å². The highest BCUT2D eigenvalue weighted by molar-refractivity contribution is 6.20. The zero-order valence-corrected chi connectivity index (χ0v) is 26.2. The number of hydrogen-bond acceptors (Lipinski definition) is 1. The summed E-state index contributed by atoms with van der Waals surface area (Å²) in [7, 11) is 0. The number of ether oxygens (including phenoxy) is 1. The van der Waals surface area contributed by atoms with Crippen molar-refractivity contribution in [3.63, 3.8) is 0 Å². The third-order valence-electron chi connectivity index (χ3n) is 11.7. The van der Waals surface area contributed by atoms with Crippen molar-refractivity contribution in [2.45, 2.75) is 19.5 Å². The van der Waals surface area contributed by atoms with Crippen molar-refractivity contribution in [1.29, 1.82) is 0 Å². The van der Waals surface area contributed by atoms with Crippen molar-refractivity contribution in [1.82, 2.24) is 8.80 Å². The highest BCUT2D eigenvalue weighted by Crippen LogP contribution is 2.58. The van der Waals surface area contributed by atoms with Crippen molar-refractivity contribution in [2.75, 3.05) is 0 Å². The van der Waals surface area contributed by atoms with E-state index in [9.17, 15) is 0 Å². The van der Waals surface area contributed by atoms with Crippen LogP contribution in [0, 0.1) is 13.8 Å². The number of fused-ring (bicyclic) bond motifs is 8. The van der Waals surface area contributed by atoms with Crippen LogP contribution in [0.3, 0.4) is 0 Å². The van der Waals surface area contributed by atoms with Gasteiger partial charge >= 0.3 is 11.3 Å². The molecule has 0 aliphatic carbocycles. The van der Waals surface area contributed by atoms with E-state index in [2.05, 4.69) is 154 Å². The first-order valence-corrected chi connectivity index (χ1v) is 16.7. The van der Waals surface area contributed by atoms with E-state index in [1.807, 2.05) is 0 Å². The summed E-state index contributed by atoms with van der Waals surface area (Å²) in [6, 6.07) is 37.8. The molecular formula is C43H26N4O+2. The van der Waals surface area contributed by atoms with Crippen LogP contribution in [-0.2, 0) is 5.66 Å². The molecule has 0 amide bonds. The number of aromatic nitrogens is 4. The number of hydrogen-bond donors (Lipinski definition) is 0. The summed E-state index contributed by atoms with van der Waals surface area (Å²) in [5.41, 5.74) is 13.0. The van der Waals surface area contributed by atoms with E-state index in [0.717, 1.165) is 11.5 Å². The summed E-state index contributed by atoms with van der Waals surface area (Å²) in [6.07, 6.45) is 7.05. The predicted octanol–water partition coefficient (Wildman–Crippen LogP) is 8.85. The molecule has 5 aromatic carbocycles. The molecule has 0 N–H and O–H groups in total. The van der Waals surface area contributed by atoms with Crippen LogP contribution in [0.5, 0.6) is 11.5 Å². The van der Waals surface area contributed by atoms with Crippen LogP contribution in [0.2, 0.25) is 0 Å². The molecule has 0 radical (unpaired) electrons. The third kappa shape index (κ3) is 2.29. The van der Waals surface area contributed by atoms with Crippen LogP contribution in [0.4, 0.5) is 0 Å². The normalized spacial score (nSPS) is 16.8. The van der Waals surface area contributed by atoms with Gasteiger partial charge < -0.3 is 9.14 Å². The lowest BCUT2D eigenvalue weighted by Gasteiger charge is -2.28. The summed E-state index contributed by atoms with van der Waals surface area (Å²) < 4.78 is 17.1. The Morgan fingerprint density at radius 2 is 1.38 bits per heavy atom. The van der Waals surface area contributed by atoms with E-state index in [4.69, 9.17) is 4.74 Å². The van der Waals surface area contributed by atoms with Crippen LogP contribution >= 0.6 is 0 Å². The van der Waals surface area contributed by atoms with Crippen molar-refractivity contribution >= 4 is 65.4 Å². The Labute approximate surface area is 273 Å². The van der Waals surface area contributed by atoms with E-state index >= 15 is 0 Å². The van der Waals surface area contributed by atoms with Crippen LogP contribution < -0.4 is 13.9 Å². The van der Waals surface area contributed by atoms with Gasteiger partial charge in [0.2, 0.25) is 5.52 Å². The molecule has 1 atom stereocenters. The van der Waals surface area contributed by atoms with Crippen LogP contribution in [0.25, 0.3) is 76.7 Å². The maximum atomic E-state index is 6.97. The van der Waals surface area contributed by atoms with Gasteiger partial charge in [0.05, 0.1) is 27.2 Å². The zero-order valence-electron chi connectivity index (χ0n) is 26.2. The molecule has 10 aromatic rings. The lowest BCUT2D eigenvalue weighted by molar-refractivity contribution is -0.944. The summed E-state index contributed by atoms with van der Waals surface area (Å²) >= 11 is 0. The second kappa shape index (κ2) is 7.50. The Kier molecular flexibility index (Phi) is 3.76. The number of benzene rings is 5. The van der Waals surface area contributed by atoms with Crippen LogP contribution in [0.15, 0.2) is 122 Å². The molecule has 8 heterocycles. The van der Waals surface area contributed by atoms with E-state index in [-0.39, 0.29) is 0 Å². The van der Waals surface area contributed by atoms with E-state index < -0.39 is 5.66 Å². The molecule has 0 saturated carbocycles. The van der Waals surface area contributed by atoms with Gasteiger partial charge in [-0.05, 0) is 61.4 Å². The number of para-hydroxylation sites is 1. The minimum atomic E-state index is -0.654. The lowest BCUT2D eigenvalue weighted by atomic mass is 9.86. The molecule has 0 bridgehead atoms. The highest BCUT2D eigenvalue weighted by Gasteiger charge is 2.68. The Morgan fingerprint density at radius 1 is 0.625 bits per heavy atom. The fourth-order valence-electron chi connectivity index (χ4n) is 10.1. The van der Waals surface area contributed by atoms with Crippen LogP contribution in [-0.4, -0.2) is 8.80 Å². The minimum absolute atomic E-state index is 0.654. The molecule has 222 valence electrons. The van der Waals surface area contributed by atoms with Crippen molar-refractivity contribution in [3.05, 3.63) is 144 Å².